The first-order valence-corrected chi connectivity index (χ1v) is 3.44. The van der Waals surface area contributed by atoms with Crippen molar-refractivity contribution in [2.75, 3.05) is 0 Å². The minimum absolute atomic E-state index is 0. The van der Waals surface area contributed by atoms with Gasteiger partial charge in [0.15, 0.2) is 0 Å². The Morgan fingerprint density at radius 2 is 1.21 bits per heavy atom. The second kappa shape index (κ2) is 11.6. The van der Waals surface area contributed by atoms with Gasteiger partial charge in [-0.1, -0.05) is 24.3 Å². The number of rotatable bonds is 0. The van der Waals surface area contributed by atoms with Gasteiger partial charge < -0.3 is 15.0 Å². The number of hydrogen-bond acceptors (Lipinski definition) is 3. The predicted octanol–water partition coefficient (Wildman–Crippen LogP) is -6.14. The van der Waals surface area contributed by atoms with Gasteiger partial charge in [0.2, 0.25) is 0 Å². The first kappa shape index (κ1) is 20.0. The third-order valence-corrected chi connectivity index (χ3v) is 1.43. The van der Waals surface area contributed by atoms with Crippen LogP contribution < -0.4 is 69.3 Å². The molecule has 0 N–H and O–H groups in total. The molecule has 0 spiro atoms. The number of aryl methyl sites for hydroxylation is 2. The molecule has 14 heavy (non-hydrogen) atoms. The third kappa shape index (κ3) is 12.5. The molecule has 0 heterocycles. The van der Waals surface area contributed by atoms with E-state index in [0.717, 1.165) is 0 Å². The molecule has 0 saturated carbocycles. The summed E-state index contributed by atoms with van der Waals surface area (Å²) in [5.74, 6) is 0. The van der Waals surface area contributed by atoms with E-state index in [9.17, 15) is 0 Å². The Balaban J connectivity index is -0.000000180. The number of carboxylic acid groups (broad SMARTS) is 2. The van der Waals surface area contributed by atoms with Gasteiger partial charge in [-0.15, -0.1) is 0 Å². The van der Waals surface area contributed by atoms with Crippen LogP contribution in [0.3, 0.4) is 0 Å². The monoisotopic (exact) mass is 212 g/mol. The van der Waals surface area contributed by atoms with Gasteiger partial charge in [-0.25, -0.2) is 0 Å². The fourth-order valence-electron chi connectivity index (χ4n) is 0.663. The van der Waals surface area contributed by atoms with Crippen molar-refractivity contribution in [2.45, 2.75) is 13.8 Å². The molecular weight excluding hydrogens is 202 g/mol. The van der Waals surface area contributed by atoms with Crippen LogP contribution in [-0.2, 0) is 0 Å². The Kier molecular flexibility index (Phi) is 16.5. The second-order valence-corrected chi connectivity index (χ2v) is 2.33. The van der Waals surface area contributed by atoms with E-state index in [4.69, 9.17) is 15.0 Å². The van der Waals surface area contributed by atoms with E-state index in [1.807, 2.05) is 0 Å². The summed E-state index contributed by atoms with van der Waals surface area (Å²) < 4.78 is 0. The summed E-state index contributed by atoms with van der Waals surface area (Å²) in [5, 5.41) is 16.7. The Labute approximate surface area is 128 Å². The van der Waals surface area contributed by atoms with Crippen molar-refractivity contribution in [1.82, 2.24) is 0 Å². The molecule has 0 bridgehead atoms. The fourth-order valence-corrected chi connectivity index (χ4v) is 0.663. The molecule has 0 fully saturated rings. The molecule has 0 aliphatic carbocycles. The molecule has 0 atom stereocenters. The summed E-state index contributed by atoms with van der Waals surface area (Å²) >= 11 is 0. The van der Waals surface area contributed by atoms with E-state index in [1.165, 1.54) is 11.1 Å². The Bertz CT molecular complexity index is 239. The molecule has 1 rings (SSSR count). The van der Waals surface area contributed by atoms with E-state index in [2.05, 4.69) is 38.1 Å². The average molecular weight is 212 g/mol. The largest absolute Gasteiger partial charge is 1.00 e. The van der Waals surface area contributed by atoms with Gasteiger partial charge in [0.25, 0.3) is 0 Å². The first-order chi connectivity index (χ1) is 5.54. The second-order valence-electron chi connectivity index (χ2n) is 2.33. The smallest absolute Gasteiger partial charge is 0.652 e. The normalized spacial score (nSPS) is 7.00. The molecule has 0 aliphatic rings. The number of hydrogen-bond donors (Lipinski definition) is 0. The maximum absolute atomic E-state index is 8.33. The van der Waals surface area contributed by atoms with Gasteiger partial charge in [-0.3, -0.25) is 0 Å². The van der Waals surface area contributed by atoms with E-state index < -0.39 is 6.16 Å². The zero-order chi connectivity index (χ0) is 9.56. The van der Waals surface area contributed by atoms with Crippen LogP contribution in [-0.4, -0.2) is 6.16 Å². The van der Waals surface area contributed by atoms with Gasteiger partial charge in [0, 0.05) is 0 Å². The van der Waals surface area contributed by atoms with Gasteiger partial charge in [-0.05, 0) is 31.1 Å². The van der Waals surface area contributed by atoms with Gasteiger partial charge in [0.05, 0.1) is 0 Å². The topological polar surface area (TPSA) is 63.2 Å². The van der Waals surface area contributed by atoms with E-state index in [0.29, 0.717) is 0 Å². The summed E-state index contributed by atoms with van der Waals surface area (Å²) in [6, 6.07) is 8.36. The van der Waals surface area contributed by atoms with Crippen molar-refractivity contribution >= 4 is 6.16 Å². The van der Waals surface area contributed by atoms with Crippen LogP contribution in [0.25, 0.3) is 0 Å². The number of carbonyl (C=O) groups excluding carboxylic acids is 1. The van der Waals surface area contributed by atoms with Crippen molar-refractivity contribution in [1.29, 1.82) is 0 Å². The van der Waals surface area contributed by atoms with Crippen LogP contribution in [0.5, 0.6) is 0 Å². The Morgan fingerprint density at radius 3 is 1.36 bits per heavy atom. The van der Waals surface area contributed by atoms with E-state index in [-0.39, 0.29) is 59.1 Å². The Hall–Kier alpha value is 0.490. The van der Waals surface area contributed by atoms with Crippen LogP contribution in [0.15, 0.2) is 24.3 Å². The molecule has 0 aliphatic heterocycles. The molecule has 0 saturated heterocycles. The summed E-state index contributed by atoms with van der Waals surface area (Å²) in [5.41, 5.74) is 2.74. The van der Waals surface area contributed by atoms with Crippen molar-refractivity contribution < 1.29 is 74.1 Å². The standard InChI is InChI=1S/C8H10.CH2O3.2Na/c1-7-5-3-4-6-8(7)2;2-1(3)4;;/h3-6H,1-2H3;(H2,2,3,4);;/q;;2*+1/p-2. The van der Waals surface area contributed by atoms with Gasteiger partial charge in [0.1, 0.15) is 0 Å². The molecule has 1 aromatic rings. The Morgan fingerprint density at radius 1 is 1.00 bits per heavy atom. The molecule has 5 heteroatoms. The van der Waals surface area contributed by atoms with Crippen LogP contribution in [0.4, 0.5) is 4.79 Å². The SMILES string of the molecule is Cc1ccccc1C.O=C([O-])[O-].[Na+].[Na+]. The molecule has 0 unspecified atom stereocenters. The average Bonchev–Trinajstić information content (AvgIpc) is 1.94. The van der Waals surface area contributed by atoms with Crippen molar-refractivity contribution in [3.8, 4) is 0 Å². The molecular formula is C9H10Na2O3. The number of benzene rings is 1. The first-order valence-electron chi connectivity index (χ1n) is 3.44. The quantitative estimate of drug-likeness (QED) is 0.402. The molecule has 3 nitrogen and oxygen atoms in total. The molecule has 0 amide bonds. The maximum Gasteiger partial charge on any atom is 1.00 e. The number of carbonyl (C=O) groups is 1. The molecule has 0 radical (unpaired) electrons. The van der Waals surface area contributed by atoms with Crippen molar-refractivity contribution in [3.63, 3.8) is 0 Å². The van der Waals surface area contributed by atoms with Crippen LogP contribution in [0.1, 0.15) is 11.1 Å². The fraction of sp³-hybridized carbons (Fsp3) is 0.222. The maximum atomic E-state index is 8.33. The van der Waals surface area contributed by atoms with Crippen LogP contribution >= 0.6 is 0 Å². The summed E-state index contributed by atoms with van der Waals surface area (Å²) in [6.45, 7) is 4.24. The van der Waals surface area contributed by atoms with Gasteiger partial charge in [-0.2, -0.15) is 0 Å². The predicted molar refractivity (Wildman–Crippen MR) is 41.3 cm³/mol. The summed E-state index contributed by atoms with van der Waals surface area (Å²) in [6.07, 6.45) is -2.33. The van der Waals surface area contributed by atoms with E-state index in [1.54, 1.807) is 0 Å². The van der Waals surface area contributed by atoms with Gasteiger partial charge >= 0.3 is 59.1 Å². The summed E-state index contributed by atoms with van der Waals surface area (Å²) in [4.78, 5) is 8.33. The van der Waals surface area contributed by atoms with Crippen molar-refractivity contribution in [2.24, 2.45) is 0 Å². The minimum atomic E-state index is -2.33. The minimum Gasteiger partial charge on any atom is -0.652 e. The van der Waals surface area contributed by atoms with Crippen molar-refractivity contribution in [3.05, 3.63) is 35.4 Å². The van der Waals surface area contributed by atoms with Crippen LogP contribution in [0.2, 0.25) is 0 Å². The zero-order valence-electron chi connectivity index (χ0n) is 9.03. The summed E-state index contributed by atoms with van der Waals surface area (Å²) in [7, 11) is 0. The third-order valence-electron chi connectivity index (χ3n) is 1.43. The van der Waals surface area contributed by atoms with Crippen LogP contribution in [0, 0.1) is 13.8 Å². The molecule has 1 aromatic carbocycles. The molecule has 0 aromatic heterocycles. The van der Waals surface area contributed by atoms with E-state index >= 15 is 0 Å². The molecule has 66 valence electrons. The zero-order valence-corrected chi connectivity index (χ0v) is 13.0.